The van der Waals surface area contributed by atoms with Gasteiger partial charge < -0.3 is 15.2 Å². The van der Waals surface area contributed by atoms with E-state index in [1.807, 2.05) is 30.3 Å². The third-order valence-electron chi connectivity index (χ3n) is 10.8. The number of amides is 1. The summed E-state index contributed by atoms with van der Waals surface area (Å²) in [5, 5.41) is 14.1. The molecule has 3 heterocycles. The van der Waals surface area contributed by atoms with E-state index >= 15 is 0 Å². The van der Waals surface area contributed by atoms with Crippen LogP contribution in [0.4, 0.5) is 0 Å². The summed E-state index contributed by atoms with van der Waals surface area (Å²) in [6.07, 6.45) is 6.60. The number of hydrogen-bond donors (Lipinski definition) is 2. The van der Waals surface area contributed by atoms with E-state index in [9.17, 15) is 14.7 Å². The number of hydrogen-bond acceptors (Lipinski definition) is 4. The van der Waals surface area contributed by atoms with Gasteiger partial charge in [-0.25, -0.2) is 0 Å². The van der Waals surface area contributed by atoms with Crippen molar-refractivity contribution in [1.29, 1.82) is 0 Å². The number of aliphatic hydroxyl groups is 1. The molecule has 3 fully saturated rings. The van der Waals surface area contributed by atoms with Gasteiger partial charge in [-0.2, -0.15) is 0 Å². The number of Topliss-reactive ketones (excluding diaryl/α,β-unsaturated/α-hetero) is 1. The van der Waals surface area contributed by atoms with Crippen LogP contribution in [0.25, 0.3) is 0 Å². The van der Waals surface area contributed by atoms with E-state index in [1.165, 1.54) is 5.57 Å². The number of fused-ring (bicyclic) bond motifs is 4. The second kappa shape index (κ2) is 8.05. The lowest BCUT2D eigenvalue weighted by atomic mass is 9.53. The third-order valence-corrected chi connectivity index (χ3v) is 10.8. The van der Waals surface area contributed by atoms with Crippen molar-refractivity contribution in [2.45, 2.75) is 72.1 Å². The maximum atomic E-state index is 14.6. The van der Waals surface area contributed by atoms with E-state index in [0.29, 0.717) is 17.8 Å². The Balaban J connectivity index is 1.59. The van der Waals surface area contributed by atoms with Crippen LogP contribution < -0.4 is 10.1 Å². The largest absolute Gasteiger partial charge is 0.490 e. The van der Waals surface area contributed by atoms with Crippen LogP contribution >= 0.6 is 0 Å². The number of benzene rings is 1. The van der Waals surface area contributed by atoms with Crippen molar-refractivity contribution in [2.75, 3.05) is 0 Å². The molecule has 37 heavy (non-hydrogen) atoms. The van der Waals surface area contributed by atoms with Crippen molar-refractivity contribution in [3.63, 3.8) is 0 Å². The fourth-order valence-corrected chi connectivity index (χ4v) is 9.97. The van der Waals surface area contributed by atoms with Crippen molar-refractivity contribution in [2.24, 2.45) is 52.3 Å². The molecule has 7 rings (SSSR count). The van der Waals surface area contributed by atoms with Crippen LogP contribution in [0.1, 0.15) is 59.4 Å². The molecule has 4 bridgehead atoms. The Labute approximate surface area is 220 Å². The Morgan fingerprint density at radius 1 is 1.11 bits per heavy atom. The molecule has 1 amide bonds. The zero-order valence-corrected chi connectivity index (χ0v) is 22.8. The summed E-state index contributed by atoms with van der Waals surface area (Å²) in [4.78, 5) is 27.8. The summed E-state index contributed by atoms with van der Waals surface area (Å²) in [7, 11) is 0. The molecule has 1 aromatic carbocycles. The molecular weight excluding hydrogens is 462 g/mol. The Morgan fingerprint density at radius 2 is 1.81 bits per heavy atom. The zero-order chi connectivity index (χ0) is 26.5. The van der Waals surface area contributed by atoms with Crippen LogP contribution in [0, 0.1) is 52.3 Å². The lowest BCUT2D eigenvalue weighted by Crippen LogP contribution is -2.50. The minimum absolute atomic E-state index is 0.0102. The molecule has 3 aliphatic heterocycles. The summed E-state index contributed by atoms with van der Waals surface area (Å²) in [5.74, 6) is 0.492. The predicted octanol–water partition coefficient (Wildman–Crippen LogP) is 5.09. The number of carbonyl (C=O) groups excluding carboxylic acids is 2. The van der Waals surface area contributed by atoms with Crippen LogP contribution in [0.15, 0.2) is 48.6 Å². The molecule has 5 heteroatoms. The normalized spacial score (nSPS) is 48.4. The van der Waals surface area contributed by atoms with Crippen molar-refractivity contribution in [3.8, 4) is 5.75 Å². The van der Waals surface area contributed by atoms with Crippen molar-refractivity contribution >= 4 is 11.7 Å². The summed E-state index contributed by atoms with van der Waals surface area (Å²) in [6.45, 7) is 15.6. The molecule has 0 radical (unpaired) electrons. The van der Waals surface area contributed by atoms with E-state index in [4.69, 9.17) is 4.74 Å². The number of allylic oxidation sites excluding steroid dienone is 3. The number of rotatable bonds is 1. The van der Waals surface area contributed by atoms with Gasteiger partial charge in [0.2, 0.25) is 5.91 Å². The highest BCUT2D eigenvalue weighted by atomic mass is 16.5. The SMILES string of the molecule is C=C[C@@]1(C)C=C(C)[C@@H]2[C@@H]3[C@H](Oc4ccc(cc4)C[C@@]4(O)C[C@H](C(=O)N4)C(=O)[C@H]31)[C@@H]1[C@@H](C)C[C@@H](C)C[C@]12C. The highest BCUT2D eigenvalue weighted by molar-refractivity contribution is 6.05. The van der Waals surface area contributed by atoms with Gasteiger partial charge in [0.25, 0.3) is 0 Å². The van der Waals surface area contributed by atoms with Gasteiger partial charge in [-0.3, -0.25) is 9.59 Å². The molecule has 198 valence electrons. The lowest BCUT2D eigenvalue weighted by Gasteiger charge is -2.50. The molecule has 2 N–H and O–H groups in total. The predicted molar refractivity (Wildman–Crippen MR) is 142 cm³/mol. The van der Waals surface area contributed by atoms with Crippen LogP contribution in [0.3, 0.4) is 0 Å². The van der Waals surface area contributed by atoms with Crippen molar-refractivity contribution < 1.29 is 19.4 Å². The molecule has 5 nitrogen and oxygen atoms in total. The van der Waals surface area contributed by atoms with Crippen LogP contribution in [0.2, 0.25) is 0 Å². The van der Waals surface area contributed by atoms with E-state index in [-0.39, 0.29) is 47.9 Å². The molecular formula is C32H41NO4. The highest BCUT2D eigenvalue weighted by Gasteiger charge is 2.68. The minimum atomic E-state index is -1.43. The van der Waals surface area contributed by atoms with Crippen molar-refractivity contribution in [3.05, 3.63) is 54.1 Å². The molecule has 2 saturated carbocycles. The number of ether oxygens (including phenoxy) is 1. The minimum Gasteiger partial charge on any atom is -0.490 e. The van der Waals surface area contributed by atoms with Gasteiger partial charge in [-0.15, -0.1) is 6.58 Å². The molecule has 0 unspecified atom stereocenters. The van der Waals surface area contributed by atoms with Gasteiger partial charge in [-0.1, -0.05) is 57.6 Å². The summed E-state index contributed by atoms with van der Waals surface area (Å²) >= 11 is 0. The summed E-state index contributed by atoms with van der Waals surface area (Å²) < 4.78 is 6.97. The Morgan fingerprint density at radius 3 is 2.49 bits per heavy atom. The third kappa shape index (κ3) is 3.52. The van der Waals surface area contributed by atoms with Gasteiger partial charge in [0.15, 0.2) is 0 Å². The Kier molecular flexibility index (Phi) is 5.42. The summed E-state index contributed by atoms with van der Waals surface area (Å²) in [5.41, 5.74) is 0.166. The first-order chi connectivity index (χ1) is 17.4. The average Bonchev–Trinajstić information content (AvgIpc) is 3.24. The fourth-order valence-electron chi connectivity index (χ4n) is 9.97. The molecule has 0 spiro atoms. The highest BCUT2D eigenvalue weighted by Crippen LogP contribution is 2.68. The maximum absolute atomic E-state index is 14.6. The van der Waals surface area contributed by atoms with Crippen LogP contribution in [-0.2, 0) is 16.0 Å². The molecule has 0 aromatic heterocycles. The first-order valence-corrected chi connectivity index (χ1v) is 14.1. The number of nitrogens with one attached hydrogen (secondary N) is 1. The number of ketones is 1. The average molecular weight is 504 g/mol. The van der Waals surface area contributed by atoms with Gasteiger partial charge in [0.05, 0.1) is 0 Å². The van der Waals surface area contributed by atoms with Gasteiger partial charge in [-0.05, 0) is 60.6 Å². The van der Waals surface area contributed by atoms with Crippen LogP contribution in [0.5, 0.6) is 5.75 Å². The van der Waals surface area contributed by atoms with E-state index in [0.717, 1.165) is 24.2 Å². The van der Waals surface area contributed by atoms with Gasteiger partial charge in [0.1, 0.15) is 29.3 Å². The number of carbonyl (C=O) groups is 2. The van der Waals surface area contributed by atoms with E-state index in [1.54, 1.807) is 0 Å². The zero-order valence-electron chi connectivity index (χ0n) is 22.8. The monoisotopic (exact) mass is 503 g/mol. The molecule has 1 saturated heterocycles. The van der Waals surface area contributed by atoms with Crippen molar-refractivity contribution in [1.82, 2.24) is 5.32 Å². The topological polar surface area (TPSA) is 75.6 Å². The standard InChI is InChI=1S/C32H41NO4/c1-7-30(5)14-19(4)24-23-26(30)27(34)22-16-32(36,33-29(22)35)15-20-8-10-21(11-9-20)37-28(23)25-18(3)12-17(2)13-31(24,25)6/h7-11,14,17-18,22-26,28,36H,1,12-13,15-16H2,2-6H3,(H,33,35)/t17-,18+,22+,23+,24-,25+,26+,28+,30+,31+,32-/m1/s1. The quantitative estimate of drug-likeness (QED) is 0.414. The van der Waals surface area contributed by atoms with Crippen LogP contribution in [-0.4, -0.2) is 28.6 Å². The first-order valence-electron chi connectivity index (χ1n) is 14.1. The second-order valence-electron chi connectivity index (χ2n) is 13.6. The maximum Gasteiger partial charge on any atom is 0.232 e. The fraction of sp³-hybridized carbons (Fsp3) is 0.625. The summed E-state index contributed by atoms with van der Waals surface area (Å²) in [6, 6.07) is 7.92. The first kappa shape index (κ1) is 24.9. The van der Waals surface area contributed by atoms with E-state index < -0.39 is 23.0 Å². The Hall–Kier alpha value is -2.40. The molecule has 3 aliphatic carbocycles. The second-order valence-corrected chi connectivity index (χ2v) is 13.6. The Bertz CT molecular complexity index is 1190. The lowest BCUT2D eigenvalue weighted by molar-refractivity contribution is -0.139. The smallest absolute Gasteiger partial charge is 0.232 e. The molecule has 6 aliphatic rings. The molecule has 11 atom stereocenters. The molecule has 1 aromatic rings. The van der Waals surface area contributed by atoms with Gasteiger partial charge in [0, 0.05) is 36.0 Å². The van der Waals surface area contributed by atoms with E-state index in [2.05, 4.69) is 52.6 Å². The van der Waals surface area contributed by atoms with Gasteiger partial charge >= 0.3 is 0 Å².